The van der Waals surface area contributed by atoms with E-state index >= 15 is 0 Å². The molecule has 3 rings (SSSR count). The SMILES string of the molecule is CCN(CC)c1ccc(C(=O)N2CCC(Cc3ccccc3)CC2)nc1. The molecule has 0 bridgehead atoms. The molecule has 1 aromatic heterocycles. The Morgan fingerprint density at radius 2 is 1.77 bits per heavy atom. The van der Waals surface area contributed by atoms with Crippen molar-refractivity contribution >= 4 is 11.6 Å². The molecule has 1 aliphatic rings. The van der Waals surface area contributed by atoms with Crippen LogP contribution in [0, 0.1) is 5.92 Å². The number of carbonyl (C=O) groups excluding carboxylic acids is 1. The first-order valence-corrected chi connectivity index (χ1v) is 9.75. The van der Waals surface area contributed by atoms with Crippen LogP contribution in [0.2, 0.25) is 0 Å². The average molecular weight is 351 g/mol. The van der Waals surface area contributed by atoms with Gasteiger partial charge in [-0.2, -0.15) is 0 Å². The monoisotopic (exact) mass is 351 g/mol. The third-order valence-electron chi connectivity index (χ3n) is 5.36. The second-order valence-electron chi connectivity index (χ2n) is 7.00. The van der Waals surface area contributed by atoms with Crippen molar-refractivity contribution in [3.63, 3.8) is 0 Å². The first-order chi connectivity index (χ1) is 12.7. The lowest BCUT2D eigenvalue weighted by molar-refractivity contribution is 0.0684. The molecule has 1 aliphatic heterocycles. The molecule has 1 amide bonds. The molecule has 0 N–H and O–H groups in total. The van der Waals surface area contributed by atoms with Gasteiger partial charge in [0.25, 0.3) is 5.91 Å². The molecule has 4 nitrogen and oxygen atoms in total. The summed E-state index contributed by atoms with van der Waals surface area (Å²) in [5, 5.41) is 0. The molecule has 2 aromatic rings. The van der Waals surface area contributed by atoms with Crippen molar-refractivity contribution in [3.8, 4) is 0 Å². The van der Waals surface area contributed by atoms with Crippen LogP contribution >= 0.6 is 0 Å². The minimum atomic E-state index is 0.0641. The van der Waals surface area contributed by atoms with Crippen LogP contribution in [0.3, 0.4) is 0 Å². The van der Waals surface area contributed by atoms with Crippen molar-refractivity contribution < 1.29 is 4.79 Å². The molecule has 1 fully saturated rings. The summed E-state index contributed by atoms with van der Waals surface area (Å²) >= 11 is 0. The van der Waals surface area contributed by atoms with Gasteiger partial charge in [0.05, 0.1) is 11.9 Å². The smallest absolute Gasteiger partial charge is 0.272 e. The number of rotatable bonds is 6. The van der Waals surface area contributed by atoms with Gasteiger partial charge >= 0.3 is 0 Å². The maximum Gasteiger partial charge on any atom is 0.272 e. The molecule has 0 aliphatic carbocycles. The first kappa shape index (κ1) is 18.4. The molecule has 26 heavy (non-hydrogen) atoms. The third-order valence-corrected chi connectivity index (χ3v) is 5.36. The van der Waals surface area contributed by atoms with Gasteiger partial charge in [-0.05, 0) is 56.7 Å². The highest BCUT2D eigenvalue weighted by Crippen LogP contribution is 2.23. The van der Waals surface area contributed by atoms with E-state index in [-0.39, 0.29) is 5.91 Å². The second-order valence-corrected chi connectivity index (χ2v) is 7.00. The minimum Gasteiger partial charge on any atom is -0.371 e. The highest BCUT2D eigenvalue weighted by Gasteiger charge is 2.24. The molecular weight excluding hydrogens is 322 g/mol. The van der Waals surface area contributed by atoms with Gasteiger partial charge in [0.2, 0.25) is 0 Å². The van der Waals surface area contributed by atoms with Crippen molar-refractivity contribution in [3.05, 3.63) is 59.9 Å². The predicted octanol–water partition coefficient (Wildman–Crippen LogP) is 4.02. The van der Waals surface area contributed by atoms with Gasteiger partial charge < -0.3 is 9.80 Å². The molecular formula is C22H29N3O. The highest BCUT2D eigenvalue weighted by molar-refractivity contribution is 5.92. The molecule has 1 aromatic carbocycles. The number of nitrogens with zero attached hydrogens (tertiary/aromatic N) is 3. The van der Waals surface area contributed by atoms with Crippen molar-refractivity contribution in [2.24, 2.45) is 5.92 Å². The molecule has 138 valence electrons. The van der Waals surface area contributed by atoms with E-state index in [2.05, 4.69) is 54.1 Å². The van der Waals surface area contributed by atoms with Gasteiger partial charge in [0.15, 0.2) is 0 Å². The zero-order valence-corrected chi connectivity index (χ0v) is 15.9. The summed E-state index contributed by atoms with van der Waals surface area (Å²) < 4.78 is 0. The van der Waals surface area contributed by atoms with Crippen LogP contribution in [0.25, 0.3) is 0 Å². The van der Waals surface area contributed by atoms with E-state index in [0.29, 0.717) is 11.6 Å². The number of benzene rings is 1. The number of hydrogen-bond donors (Lipinski definition) is 0. The summed E-state index contributed by atoms with van der Waals surface area (Å²) in [6, 6.07) is 14.5. The first-order valence-electron chi connectivity index (χ1n) is 9.75. The van der Waals surface area contributed by atoms with Crippen LogP contribution in [0.1, 0.15) is 42.7 Å². The maximum atomic E-state index is 12.7. The van der Waals surface area contributed by atoms with E-state index in [1.165, 1.54) is 5.56 Å². The zero-order chi connectivity index (χ0) is 18.4. The van der Waals surface area contributed by atoms with Crippen LogP contribution in [0.5, 0.6) is 0 Å². The predicted molar refractivity (Wildman–Crippen MR) is 107 cm³/mol. The molecule has 2 heterocycles. The fourth-order valence-electron chi connectivity index (χ4n) is 3.74. The fraction of sp³-hybridized carbons (Fsp3) is 0.455. The summed E-state index contributed by atoms with van der Waals surface area (Å²) in [5.41, 5.74) is 3.03. The Hall–Kier alpha value is -2.36. The largest absolute Gasteiger partial charge is 0.371 e. The van der Waals surface area contributed by atoms with E-state index in [1.54, 1.807) is 0 Å². The molecule has 4 heteroatoms. The lowest BCUT2D eigenvalue weighted by Crippen LogP contribution is -2.39. The van der Waals surface area contributed by atoms with Crippen LogP contribution in [-0.2, 0) is 6.42 Å². The van der Waals surface area contributed by atoms with Gasteiger partial charge in [-0.25, -0.2) is 4.98 Å². The normalized spacial score (nSPS) is 15.1. The Morgan fingerprint density at radius 1 is 1.08 bits per heavy atom. The van der Waals surface area contributed by atoms with Crippen LogP contribution in [0.15, 0.2) is 48.7 Å². The van der Waals surface area contributed by atoms with Crippen molar-refractivity contribution in [1.82, 2.24) is 9.88 Å². The Balaban J connectivity index is 1.55. The van der Waals surface area contributed by atoms with Gasteiger partial charge in [-0.15, -0.1) is 0 Å². The van der Waals surface area contributed by atoms with Gasteiger partial charge in [0.1, 0.15) is 5.69 Å². The standard InChI is InChI=1S/C22H29N3O/c1-3-24(4-2)20-10-11-21(23-17-20)22(26)25-14-12-19(13-15-25)16-18-8-6-5-7-9-18/h5-11,17,19H,3-4,12-16H2,1-2H3. The number of anilines is 1. The van der Waals surface area contributed by atoms with Gasteiger partial charge in [-0.3, -0.25) is 4.79 Å². The summed E-state index contributed by atoms with van der Waals surface area (Å²) in [6.45, 7) is 7.80. The van der Waals surface area contributed by atoms with Crippen molar-refractivity contribution in [2.45, 2.75) is 33.1 Å². The molecule has 0 spiro atoms. The number of hydrogen-bond acceptors (Lipinski definition) is 3. The van der Waals surface area contributed by atoms with Crippen LogP contribution < -0.4 is 4.90 Å². The average Bonchev–Trinajstić information content (AvgIpc) is 2.70. The van der Waals surface area contributed by atoms with E-state index in [0.717, 1.165) is 51.1 Å². The Bertz CT molecular complexity index is 687. The molecule has 0 radical (unpaired) electrons. The van der Waals surface area contributed by atoms with E-state index in [4.69, 9.17) is 0 Å². The highest BCUT2D eigenvalue weighted by atomic mass is 16.2. The number of pyridine rings is 1. The number of aromatic nitrogens is 1. The van der Waals surface area contributed by atoms with E-state index in [9.17, 15) is 4.79 Å². The molecule has 0 unspecified atom stereocenters. The van der Waals surface area contributed by atoms with Crippen LogP contribution in [0.4, 0.5) is 5.69 Å². The fourth-order valence-corrected chi connectivity index (χ4v) is 3.74. The summed E-state index contributed by atoms with van der Waals surface area (Å²) in [7, 11) is 0. The minimum absolute atomic E-state index is 0.0641. The second kappa shape index (κ2) is 8.84. The molecule has 0 atom stereocenters. The van der Waals surface area contributed by atoms with Crippen molar-refractivity contribution in [1.29, 1.82) is 0 Å². The van der Waals surface area contributed by atoms with Gasteiger partial charge in [-0.1, -0.05) is 30.3 Å². The van der Waals surface area contributed by atoms with Gasteiger partial charge in [0, 0.05) is 26.2 Å². The number of piperidine rings is 1. The topological polar surface area (TPSA) is 36.4 Å². The summed E-state index contributed by atoms with van der Waals surface area (Å²) in [5.74, 6) is 0.730. The number of carbonyl (C=O) groups is 1. The maximum absolute atomic E-state index is 12.7. The van der Waals surface area contributed by atoms with E-state index < -0.39 is 0 Å². The number of likely N-dealkylation sites (tertiary alicyclic amines) is 1. The quantitative estimate of drug-likeness (QED) is 0.788. The summed E-state index contributed by atoms with van der Waals surface area (Å²) in [6.07, 6.45) is 5.07. The Kier molecular flexibility index (Phi) is 6.26. The van der Waals surface area contributed by atoms with E-state index in [1.807, 2.05) is 23.2 Å². The summed E-state index contributed by atoms with van der Waals surface area (Å²) in [4.78, 5) is 21.4. The molecule has 1 saturated heterocycles. The zero-order valence-electron chi connectivity index (χ0n) is 15.9. The third kappa shape index (κ3) is 4.43. The Labute approximate surface area is 156 Å². The lowest BCUT2D eigenvalue weighted by atomic mass is 9.90. The molecule has 0 saturated carbocycles. The number of amides is 1. The Morgan fingerprint density at radius 3 is 2.35 bits per heavy atom. The lowest BCUT2D eigenvalue weighted by Gasteiger charge is -2.32. The van der Waals surface area contributed by atoms with Crippen LogP contribution in [-0.4, -0.2) is 42.0 Å². The van der Waals surface area contributed by atoms with Crippen molar-refractivity contribution in [2.75, 3.05) is 31.1 Å².